The number of aromatic amines is 1. The van der Waals surface area contributed by atoms with E-state index in [0.29, 0.717) is 34.9 Å². The number of ketones is 1. The van der Waals surface area contributed by atoms with E-state index in [9.17, 15) is 14.7 Å². The third-order valence-electron chi connectivity index (χ3n) is 5.74. The summed E-state index contributed by atoms with van der Waals surface area (Å²) in [7, 11) is 0. The van der Waals surface area contributed by atoms with Gasteiger partial charge in [0.05, 0.1) is 29.3 Å². The Morgan fingerprint density at radius 3 is 2.69 bits per heavy atom. The second kappa shape index (κ2) is 9.06. The van der Waals surface area contributed by atoms with Gasteiger partial charge in [-0.05, 0) is 41.8 Å². The van der Waals surface area contributed by atoms with Crippen LogP contribution in [-0.4, -0.2) is 38.4 Å². The van der Waals surface area contributed by atoms with Crippen molar-refractivity contribution in [2.45, 2.75) is 19.9 Å². The molecule has 176 valence electrons. The third-order valence-corrected chi connectivity index (χ3v) is 5.74. The molecular weight excluding hydrogens is 444 g/mol. The minimum absolute atomic E-state index is 0.0375. The molecule has 5 rings (SSSR count). The Bertz CT molecular complexity index is 1410. The second-order valence-electron chi connectivity index (χ2n) is 8.77. The molecule has 1 aliphatic heterocycles. The lowest BCUT2D eigenvalue weighted by Gasteiger charge is -2.22. The molecule has 3 heterocycles. The van der Waals surface area contributed by atoms with Gasteiger partial charge in [-0.3, -0.25) is 19.5 Å². The number of fused-ring (bicyclic) bond motifs is 1. The van der Waals surface area contributed by atoms with Crippen molar-refractivity contribution in [3.05, 3.63) is 89.8 Å². The fourth-order valence-corrected chi connectivity index (χ4v) is 4.11. The zero-order valence-electron chi connectivity index (χ0n) is 19.3. The normalized spacial score (nSPS) is 17.5. The Balaban J connectivity index is 1.64. The molecule has 0 aliphatic carbocycles. The summed E-state index contributed by atoms with van der Waals surface area (Å²) in [4.78, 5) is 39.7. The number of benzene rings is 2. The Hall–Kier alpha value is -4.46. The van der Waals surface area contributed by atoms with Crippen molar-refractivity contribution >= 4 is 34.4 Å². The molecule has 1 saturated heterocycles. The minimum atomic E-state index is -0.912. The summed E-state index contributed by atoms with van der Waals surface area (Å²) in [5.74, 6) is -0.767. The van der Waals surface area contributed by atoms with Gasteiger partial charge in [0, 0.05) is 18.0 Å². The lowest BCUT2D eigenvalue weighted by Crippen LogP contribution is -2.30. The first-order valence-electron chi connectivity index (χ1n) is 11.3. The molecule has 0 radical (unpaired) electrons. The smallest absolute Gasteiger partial charge is 0.302 e. The molecule has 4 aromatic rings. The molecule has 1 aliphatic rings. The van der Waals surface area contributed by atoms with Gasteiger partial charge in [-0.15, -0.1) is 0 Å². The van der Waals surface area contributed by atoms with Crippen molar-refractivity contribution in [1.29, 1.82) is 0 Å². The number of pyridine rings is 1. The lowest BCUT2D eigenvalue weighted by molar-refractivity contribution is -0.132. The van der Waals surface area contributed by atoms with Gasteiger partial charge in [0.15, 0.2) is 0 Å². The van der Waals surface area contributed by atoms with Crippen LogP contribution in [0.4, 0.5) is 5.95 Å². The van der Waals surface area contributed by atoms with E-state index >= 15 is 0 Å². The van der Waals surface area contributed by atoms with E-state index in [-0.39, 0.29) is 17.3 Å². The highest BCUT2D eigenvalue weighted by Gasteiger charge is 2.48. The molecule has 1 unspecified atom stereocenters. The summed E-state index contributed by atoms with van der Waals surface area (Å²) in [6, 6.07) is 16.8. The summed E-state index contributed by atoms with van der Waals surface area (Å²) in [5.41, 5.74) is 2.29. The fourth-order valence-electron chi connectivity index (χ4n) is 4.11. The van der Waals surface area contributed by atoms with E-state index in [1.54, 1.807) is 48.8 Å². The number of nitrogens with one attached hydrogen (secondary N) is 1. The Morgan fingerprint density at radius 1 is 1.11 bits per heavy atom. The maximum atomic E-state index is 13.3. The first-order chi connectivity index (χ1) is 16.9. The van der Waals surface area contributed by atoms with Crippen LogP contribution in [0.1, 0.15) is 31.0 Å². The largest absolute Gasteiger partial charge is 0.507 e. The van der Waals surface area contributed by atoms with Gasteiger partial charge in [0.25, 0.3) is 5.78 Å². The van der Waals surface area contributed by atoms with Crippen LogP contribution in [0.15, 0.2) is 78.6 Å². The van der Waals surface area contributed by atoms with E-state index in [1.807, 2.05) is 38.1 Å². The van der Waals surface area contributed by atoms with Crippen molar-refractivity contribution in [2.75, 3.05) is 11.5 Å². The fraction of sp³-hybridized carbons (Fsp3) is 0.185. The number of aromatic nitrogens is 3. The van der Waals surface area contributed by atoms with Crippen LogP contribution in [0.25, 0.3) is 16.8 Å². The van der Waals surface area contributed by atoms with Crippen LogP contribution in [0, 0.1) is 5.92 Å². The lowest BCUT2D eigenvalue weighted by atomic mass is 9.96. The molecule has 0 saturated carbocycles. The average Bonchev–Trinajstić information content (AvgIpc) is 3.41. The second-order valence-corrected chi connectivity index (χ2v) is 8.77. The van der Waals surface area contributed by atoms with Gasteiger partial charge in [0.1, 0.15) is 11.5 Å². The molecule has 1 amide bonds. The first-order valence-corrected chi connectivity index (χ1v) is 11.3. The van der Waals surface area contributed by atoms with Crippen molar-refractivity contribution in [2.24, 2.45) is 5.92 Å². The molecule has 1 atom stereocenters. The van der Waals surface area contributed by atoms with Crippen LogP contribution >= 0.6 is 0 Å². The number of Topliss-reactive ketones (excluding diaryl/α,β-unsaturated/α-hetero) is 1. The van der Waals surface area contributed by atoms with Gasteiger partial charge in [-0.25, -0.2) is 4.98 Å². The number of aliphatic hydroxyl groups excluding tert-OH is 1. The number of imidazole rings is 1. The summed E-state index contributed by atoms with van der Waals surface area (Å²) < 4.78 is 5.78. The van der Waals surface area contributed by atoms with Gasteiger partial charge >= 0.3 is 5.91 Å². The predicted molar refractivity (Wildman–Crippen MR) is 132 cm³/mol. The van der Waals surface area contributed by atoms with Crippen LogP contribution in [0.5, 0.6) is 5.75 Å². The number of H-pyrrole nitrogens is 1. The van der Waals surface area contributed by atoms with E-state index in [1.165, 1.54) is 4.90 Å². The van der Waals surface area contributed by atoms with Gasteiger partial charge in [-0.1, -0.05) is 44.2 Å². The number of amides is 1. The van der Waals surface area contributed by atoms with E-state index in [4.69, 9.17) is 4.74 Å². The number of anilines is 1. The maximum Gasteiger partial charge on any atom is 0.302 e. The Morgan fingerprint density at radius 2 is 1.94 bits per heavy atom. The van der Waals surface area contributed by atoms with Crippen LogP contribution in [-0.2, 0) is 9.59 Å². The summed E-state index contributed by atoms with van der Waals surface area (Å²) in [5, 5.41) is 11.3. The average molecular weight is 469 g/mol. The molecule has 0 spiro atoms. The van der Waals surface area contributed by atoms with Crippen molar-refractivity contribution in [1.82, 2.24) is 15.0 Å². The van der Waals surface area contributed by atoms with Crippen molar-refractivity contribution < 1.29 is 19.4 Å². The highest BCUT2D eigenvalue weighted by atomic mass is 16.5. The number of carbonyl (C=O) groups excluding carboxylic acids is 2. The SMILES string of the molecule is CC(C)COc1cccc(/C(O)=C2\C(=O)C(=O)N(c3nc4ccccc4[nH]3)C2c2cccnc2)c1. The number of aliphatic hydroxyl groups is 1. The predicted octanol–water partition coefficient (Wildman–Crippen LogP) is 4.62. The van der Waals surface area contributed by atoms with E-state index < -0.39 is 17.7 Å². The van der Waals surface area contributed by atoms with E-state index in [2.05, 4.69) is 15.0 Å². The number of hydrogen-bond donors (Lipinski definition) is 2. The molecule has 2 aromatic carbocycles. The van der Waals surface area contributed by atoms with Crippen LogP contribution in [0.2, 0.25) is 0 Å². The summed E-state index contributed by atoms with van der Waals surface area (Å²) in [6.45, 7) is 4.59. The Labute approximate surface area is 201 Å². The third kappa shape index (κ3) is 4.14. The monoisotopic (exact) mass is 468 g/mol. The van der Waals surface area contributed by atoms with Crippen LogP contribution in [0.3, 0.4) is 0 Å². The van der Waals surface area contributed by atoms with Gasteiger partial charge in [0.2, 0.25) is 5.95 Å². The number of para-hydroxylation sites is 2. The topological polar surface area (TPSA) is 108 Å². The minimum Gasteiger partial charge on any atom is -0.507 e. The maximum absolute atomic E-state index is 13.3. The highest BCUT2D eigenvalue weighted by Crippen LogP contribution is 2.41. The number of nitrogens with zero attached hydrogens (tertiary/aromatic N) is 3. The standard InChI is InChI=1S/C27H24N4O4/c1-16(2)15-35-19-9-5-7-17(13-19)24(32)22-23(18-8-6-12-28-14-18)31(26(34)25(22)33)27-29-20-10-3-4-11-21(20)30-27/h3-14,16,23,32H,15H2,1-2H3,(H,29,30)/b24-22+. The molecular formula is C27H24N4O4. The quantitative estimate of drug-likeness (QED) is 0.243. The Kier molecular flexibility index (Phi) is 5.78. The molecule has 1 fully saturated rings. The summed E-state index contributed by atoms with van der Waals surface area (Å²) in [6.07, 6.45) is 3.17. The molecule has 8 heteroatoms. The van der Waals surface area contributed by atoms with Gasteiger partial charge in [-0.2, -0.15) is 0 Å². The van der Waals surface area contributed by atoms with E-state index in [0.717, 1.165) is 5.52 Å². The molecule has 2 aromatic heterocycles. The number of ether oxygens (including phenoxy) is 1. The zero-order valence-corrected chi connectivity index (χ0v) is 19.3. The molecule has 2 N–H and O–H groups in total. The number of rotatable bonds is 6. The molecule has 35 heavy (non-hydrogen) atoms. The molecule has 0 bridgehead atoms. The zero-order chi connectivity index (χ0) is 24.5. The van der Waals surface area contributed by atoms with Crippen molar-refractivity contribution in [3.63, 3.8) is 0 Å². The molecule has 8 nitrogen and oxygen atoms in total. The highest BCUT2D eigenvalue weighted by molar-refractivity contribution is 6.51. The van der Waals surface area contributed by atoms with Crippen molar-refractivity contribution in [3.8, 4) is 5.75 Å². The summed E-state index contributed by atoms with van der Waals surface area (Å²) >= 11 is 0. The van der Waals surface area contributed by atoms with Crippen LogP contribution < -0.4 is 9.64 Å². The number of hydrogen-bond acceptors (Lipinski definition) is 6. The number of carbonyl (C=O) groups is 2. The first kappa shape index (κ1) is 22.3. The van der Waals surface area contributed by atoms with Gasteiger partial charge < -0.3 is 14.8 Å².